The molecular weight excluding hydrogens is 182 g/mol. The summed E-state index contributed by atoms with van der Waals surface area (Å²) in [5, 5.41) is 11.9. The van der Waals surface area contributed by atoms with E-state index in [0.717, 1.165) is 18.7 Å². The van der Waals surface area contributed by atoms with Gasteiger partial charge in [-0.1, -0.05) is 0 Å². The lowest BCUT2D eigenvalue weighted by molar-refractivity contribution is -0.140. The first-order valence-electron chi connectivity index (χ1n) is 4.76. The summed E-state index contributed by atoms with van der Waals surface area (Å²) < 4.78 is 5.20. The fourth-order valence-electron chi connectivity index (χ4n) is 1.95. The third kappa shape index (κ3) is 1.80. The molecule has 0 aliphatic carbocycles. The highest BCUT2D eigenvalue weighted by molar-refractivity contribution is 5.74. The summed E-state index contributed by atoms with van der Waals surface area (Å²) in [6, 6.07) is 3.30. The van der Waals surface area contributed by atoms with E-state index in [4.69, 9.17) is 9.52 Å². The highest BCUT2D eigenvalue weighted by atomic mass is 16.4. The van der Waals surface area contributed by atoms with Gasteiger partial charge < -0.3 is 14.8 Å². The molecule has 0 aromatic carbocycles. The van der Waals surface area contributed by atoms with Crippen molar-refractivity contribution in [2.24, 2.45) is 5.92 Å². The molecule has 4 heteroatoms. The van der Waals surface area contributed by atoms with E-state index in [9.17, 15) is 4.79 Å². The number of hydrogen-bond donors (Lipinski definition) is 2. The second-order valence-electron chi connectivity index (χ2n) is 3.60. The topological polar surface area (TPSA) is 62.5 Å². The maximum atomic E-state index is 10.8. The van der Waals surface area contributed by atoms with Crippen molar-refractivity contribution >= 4 is 5.97 Å². The summed E-state index contributed by atoms with van der Waals surface area (Å²) in [6.07, 6.45) is 3.22. The van der Waals surface area contributed by atoms with Crippen LogP contribution in [0.4, 0.5) is 0 Å². The lowest BCUT2D eigenvalue weighted by Gasteiger charge is -2.13. The van der Waals surface area contributed by atoms with Gasteiger partial charge in [0.1, 0.15) is 11.8 Å². The van der Waals surface area contributed by atoms with Crippen LogP contribution in [0.3, 0.4) is 0 Å². The summed E-state index contributed by atoms with van der Waals surface area (Å²) in [4.78, 5) is 10.8. The zero-order valence-electron chi connectivity index (χ0n) is 7.77. The Morgan fingerprint density at radius 1 is 1.71 bits per heavy atom. The van der Waals surface area contributed by atoms with Crippen LogP contribution in [0.5, 0.6) is 0 Å². The molecule has 14 heavy (non-hydrogen) atoms. The van der Waals surface area contributed by atoms with E-state index in [1.165, 1.54) is 0 Å². The molecule has 1 unspecified atom stereocenters. The molecule has 0 radical (unpaired) electrons. The summed E-state index contributed by atoms with van der Waals surface area (Å²) in [6.45, 7) is 0.780. The number of hydrogen-bond acceptors (Lipinski definition) is 3. The minimum absolute atomic E-state index is 0.152. The summed E-state index contributed by atoms with van der Waals surface area (Å²) in [5.41, 5.74) is 0. The van der Waals surface area contributed by atoms with E-state index in [0.29, 0.717) is 6.42 Å². The maximum absolute atomic E-state index is 10.8. The lowest BCUT2D eigenvalue weighted by Crippen LogP contribution is -2.36. The molecule has 0 bridgehead atoms. The van der Waals surface area contributed by atoms with Crippen molar-refractivity contribution in [2.45, 2.75) is 18.9 Å². The van der Waals surface area contributed by atoms with Crippen LogP contribution in [0, 0.1) is 5.92 Å². The molecule has 1 aromatic rings. The van der Waals surface area contributed by atoms with Gasteiger partial charge in [0.15, 0.2) is 0 Å². The molecule has 2 heterocycles. The minimum atomic E-state index is -0.765. The molecular formula is C10H13NO3. The van der Waals surface area contributed by atoms with Gasteiger partial charge in [-0.25, -0.2) is 0 Å². The predicted molar refractivity (Wildman–Crippen MR) is 49.9 cm³/mol. The van der Waals surface area contributed by atoms with Crippen molar-refractivity contribution in [2.75, 3.05) is 6.54 Å². The van der Waals surface area contributed by atoms with Crippen LogP contribution in [0.1, 0.15) is 12.2 Å². The third-order valence-corrected chi connectivity index (χ3v) is 2.66. The van der Waals surface area contributed by atoms with Crippen molar-refractivity contribution < 1.29 is 14.3 Å². The lowest BCUT2D eigenvalue weighted by atomic mass is 9.96. The van der Waals surface area contributed by atoms with Crippen LogP contribution in [0.15, 0.2) is 22.8 Å². The molecule has 2 N–H and O–H groups in total. The molecule has 2 rings (SSSR count). The van der Waals surface area contributed by atoms with Crippen molar-refractivity contribution in [1.82, 2.24) is 5.32 Å². The van der Waals surface area contributed by atoms with Crippen LogP contribution in [-0.2, 0) is 11.2 Å². The number of carboxylic acid groups (broad SMARTS) is 1. The Bertz CT molecular complexity index is 307. The molecule has 0 amide bonds. The average Bonchev–Trinajstić information content (AvgIpc) is 2.75. The Hall–Kier alpha value is -1.29. The summed E-state index contributed by atoms with van der Waals surface area (Å²) >= 11 is 0. The van der Waals surface area contributed by atoms with E-state index in [2.05, 4.69) is 5.32 Å². The molecule has 1 fully saturated rings. The Morgan fingerprint density at radius 3 is 3.21 bits per heavy atom. The number of carbonyl (C=O) groups is 1. The van der Waals surface area contributed by atoms with Crippen LogP contribution < -0.4 is 5.32 Å². The van der Waals surface area contributed by atoms with Gasteiger partial charge in [0.05, 0.1) is 6.26 Å². The van der Waals surface area contributed by atoms with E-state index >= 15 is 0 Å². The molecule has 1 aliphatic rings. The Balaban J connectivity index is 2.00. The van der Waals surface area contributed by atoms with E-state index < -0.39 is 12.0 Å². The Morgan fingerprint density at radius 2 is 2.57 bits per heavy atom. The number of nitrogens with one attached hydrogen (secondary N) is 1. The number of furan rings is 1. The van der Waals surface area contributed by atoms with Gasteiger partial charge in [-0.15, -0.1) is 0 Å². The van der Waals surface area contributed by atoms with Crippen LogP contribution in [0.25, 0.3) is 0 Å². The number of rotatable bonds is 3. The van der Waals surface area contributed by atoms with E-state index in [-0.39, 0.29) is 5.92 Å². The van der Waals surface area contributed by atoms with Crippen molar-refractivity contribution in [3.63, 3.8) is 0 Å². The average molecular weight is 195 g/mol. The van der Waals surface area contributed by atoms with Gasteiger partial charge in [0, 0.05) is 6.42 Å². The van der Waals surface area contributed by atoms with Crippen LogP contribution in [-0.4, -0.2) is 23.7 Å². The van der Waals surface area contributed by atoms with E-state index in [1.807, 2.05) is 12.1 Å². The largest absolute Gasteiger partial charge is 0.480 e. The van der Waals surface area contributed by atoms with Crippen LogP contribution >= 0.6 is 0 Å². The predicted octanol–water partition coefficient (Wildman–Crippen LogP) is 0.885. The monoisotopic (exact) mass is 195 g/mol. The smallest absolute Gasteiger partial charge is 0.320 e. The molecule has 0 spiro atoms. The molecule has 1 aromatic heterocycles. The Kier molecular flexibility index (Phi) is 2.54. The zero-order valence-corrected chi connectivity index (χ0v) is 7.77. The van der Waals surface area contributed by atoms with Crippen molar-refractivity contribution in [3.05, 3.63) is 24.2 Å². The highest BCUT2D eigenvalue weighted by Crippen LogP contribution is 2.21. The van der Waals surface area contributed by atoms with Gasteiger partial charge >= 0.3 is 5.97 Å². The van der Waals surface area contributed by atoms with Gasteiger partial charge in [-0.05, 0) is 31.0 Å². The molecule has 1 saturated heterocycles. The third-order valence-electron chi connectivity index (χ3n) is 2.66. The van der Waals surface area contributed by atoms with Crippen molar-refractivity contribution in [1.29, 1.82) is 0 Å². The first-order valence-corrected chi connectivity index (χ1v) is 4.76. The fraction of sp³-hybridized carbons (Fsp3) is 0.500. The molecule has 4 nitrogen and oxygen atoms in total. The molecule has 76 valence electrons. The minimum Gasteiger partial charge on any atom is -0.480 e. The molecule has 2 atom stereocenters. The van der Waals surface area contributed by atoms with Gasteiger partial charge in [0.2, 0.25) is 0 Å². The second-order valence-corrected chi connectivity index (χ2v) is 3.60. The van der Waals surface area contributed by atoms with Crippen LogP contribution in [0.2, 0.25) is 0 Å². The number of carboxylic acids is 1. The van der Waals surface area contributed by atoms with Gasteiger partial charge in [-0.2, -0.15) is 0 Å². The van der Waals surface area contributed by atoms with Gasteiger partial charge in [-0.3, -0.25) is 4.79 Å². The Labute approximate surface area is 81.9 Å². The molecule has 0 saturated carbocycles. The first kappa shape index (κ1) is 9.27. The molecule has 1 aliphatic heterocycles. The maximum Gasteiger partial charge on any atom is 0.320 e. The SMILES string of the molecule is O=C(O)[C@H]1NCCC1Cc1ccco1. The zero-order chi connectivity index (χ0) is 9.97. The van der Waals surface area contributed by atoms with E-state index in [1.54, 1.807) is 6.26 Å². The van der Waals surface area contributed by atoms with Crippen molar-refractivity contribution in [3.8, 4) is 0 Å². The normalized spacial score (nSPS) is 26.6. The highest BCUT2D eigenvalue weighted by Gasteiger charge is 2.32. The van der Waals surface area contributed by atoms with Gasteiger partial charge in [0.25, 0.3) is 0 Å². The first-order chi connectivity index (χ1) is 6.77. The summed E-state index contributed by atoms with van der Waals surface area (Å²) in [5.74, 6) is 0.252. The second kappa shape index (κ2) is 3.84. The summed E-state index contributed by atoms with van der Waals surface area (Å²) in [7, 11) is 0. The number of aliphatic carboxylic acids is 1. The quantitative estimate of drug-likeness (QED) is 0.751. The standard InChI is InChI=1S/C10H13NO3/c12-10(13)9-7(3-4-11-9)6-8-2-1-5-14-8/h1-2,5,7,9,11H,3-4,6H2,(H,12,13)/t7?,9-/m0/s1. The fourth-order valence-corrected chi connectivity index (χ4v) is 1.95.